The van der Waals surface area contributed by atoms with Gasteiger partial charge in [-0.1, -0.05) is 6.07 Å². The lowest BCUT2D eigenvalue weighted by Crippen LogP contribution is -2.31. The van der Waals surface area contributed by atoms with Crippen molar-refractivity contribution in [1.82, 2.24) is 15.6 Å². The van der Waals surface area contributed by atoms with Gasteiger partial charge in [-0.05, 0) is 48.7 Å². The molecule has 0 aliphatic rings. The Balaban J connectivity index is 1.58. The number of hydrogen-bond donors (Lipinski definition) is 2. The number of aromatic nitrogens is 1. The summed E-state index contributed by atoms with van der Waals surface area (Å²) in [4.78, 5) is 27.5. The van der Waals surface area contributed by atoms with Crippen LogP contribution < -0.4 is 10.6 Å². The summed E-state index contributed by atoms with van der Waals surface area (Å²) in [6.07, 6.45) is 5.44. The second-order valence-electron chi connectivity index (χ2n) is 5.33. The average Bonchev–Trinajstić information content (AvgIpc) is 2.60. The van der Waals surface area contributed by atoms with E-state index in [2.05, 4.69) is 15.6 Å². The van der Waals surface area contributed by atoms with Gasteiger partial charge in [0.25, 0.3) is 5.91 Å². The summed E-state index contributed by atoms with van der Waals surface area (Å²) < 4.78 is 12.8. The van der Waals surface area contributed by atoms with Crippen molar-refractivity contribution >= 4 is 11.8 Å². The molecule has 0 radical (unpaired) electrons. The molecule has 2 amide bonds. The van der Waals surface area contributed by atoms with Crippen molar-refractivity contribution in [3.8, 4) is 0 Å². The molecule has 2 rings (SSSR count). The summed E-state index contributed by atoms with van der Waals surface area (Å²) in [7, 11) is 0. The minimum atomic E-state index is -0.391. The molecule has 0 saturated heterocycles. The van der Waals surface area contributed by atoms with Crippen LogP contribution in [0.2, 0.25) is 0 Å². The Labute approximate surface area is 140 Å². The summed E-state index contributed by atoms with van der Waals surface area (Å²) in [5.74, 6) is -0.822. The number of nitrogens with one attached hydrogen (secondary N) is 2. The number of pyridine rings is 1. The van der Waals surface area contributed by atoms with Crippen molar-refractivity contribution < 1.29 is 14.0 Å². The molecule has 6 heteroatoms. The molecule has 1 heterocycles. The van der Waals surface area contributed by atoms with E-state index in [1.165, 1.54) is 24.3 Å². The smallest absolute Gasteiger partial charge is 0.251 e. The molecule has 0 unspecified atom stereocenters. The molecule has 0 fully saturated rings. The number of carbonyl (C=O) groups excluding carboxylic acids is 2. The molecule has 1 aromatic heterocycles. The van der Waals surface area contributed by atoms with Crippen molar-refractivity contribution in [2.24, 2.45) is 0 Å². The largest absolute Gasteiger partial charge is 0.356 e. The maximum absolute atomic E-state index is 12.8. The summed E-state index contributed by atoms with van der Waals surface area (Å²) in [5.41, 5.74) is 1.51. The second-order valence-corrected chi connectivity index (χ2v) is 5.33. The standard InChI is InChI=1S/C18H20FN3O2/c19-16-7-5-15(6-8-16)18(24)22-12-9-17(23)21-11-2-4-14-3-1-10-20-13-14/h1,3,5-8,10,13H,2,4,9,11-12H2,(H,21,23)(H,22,24). The average molecular weight is 329 g/mol. The van der Waals surface area contributed by atoms with Crippen LogP contribution in [0, 0.1) is 5.82 Å². The number of hydrogen-bond acceptors (Lipinski definition) is 3. The lowest BCUT2D eigenvalue weighted by Gasteiger charge is -2.07. The molecule has 24 heavy (non-hydrogen) atoms. The van der Waals surface area contributed by atoms with E-state index in [-0.39, 0.29) is 24.8 Å². The lowest BCUT2D eigenvalue weighted by molar-refractivity contribution is -0.120. The third kappa shape index (κ3) is 6.16. The third-order valence-electron chi connectivity index (χ3n) is 3.43. The van der Waals surface area contributed by atoms with Gasteiger partial charge in [-0.2, -0.15) is 0 Å². The number of rotatable bonds is 8. The maximum atomic E-state index is 12.8. The summed E-state index contributed by atoms with van der Waals surface area (Å²) in [6, 6.07) is 9.15. The lowest BCUT2D eigenvalue weighted by atomic mass is 10.1. The minimum absolute atomic E-state index is 0.111. The zero-order chi connectivity index (χ0) is 17.2. The molecule has 0 atom stereocenters. The number of nitrogens with zero attached hydrogens (tertiary/aromatic N) is 1. The van der Waals surface area contributed by atoms with Crippen LogP contribution in [0.1, 0.15) is 28.8 Å². The van der Waals surface area contributed by atoms with E-state index in [0.717, 1.165) is 18.4 Å². The van der Waals surface area contributed by atoms with E-state index in [0.29, 0.717) is 12.1 Å². The topological polar surface area (TPSA) is 71.1 Å². The number of halogens is 1. The molecule has 0 spiro atoms. The third-order valence-corrected chi connectivity index (χ3v) is 3.43. The minimum Gasteiger partial charge on any atom is -0.356 e. The Morgan fingerprint density at radius 1 is 1.04 bits per heavy atom. The van der Waals surface area contributed by atoms with Crippen LogP contribution >= 0.6 is 0 Å². The molecule has 0 aliphatic carbocycles. The number of amides is 2. The highest BCUT2D eigenvalue weighted by atomic mass is 19.1. The van der Waals surface area contributed by atoms with Crippen molar-refractivity contribution in [3.05, 3.63) is 65.7 Å². The first-order chi connectivity index (χ1) is 11.6. The zero-order valence-corrected chi connectivity index (χ0v) is 13.3. The molecule has 126 valence electrons. The van der Waals surface area contributed by atoms with Gasteiger partial charge in [-0.3, -0.25) is 14.6 Å². The first-order valence-electron chi connectivity index (χ1n) is 7.84. The first kappa shape index (κ1) is 17.6. The predicted molar refractivity (Wildman–Crippen MR) is 88.9 cm³/mol. The van der Waals surface area contributed by atoms with Gasteiger partial charge in [0.1, 0.15) is 5.82 Å². The van der Waals surface area contributed by atoms with Crippen LogP contribution in [-0.2, 0) is 11.2 Å². The van der Waals surface area contributed by atoms with Crippen LogP contribution in [0.15, 0.2) is 48.8 Å². The fraction of sp³-hybridized carbons (Fsp3) is 0.278. The molecule has 0 aliphatic heterocycles. The summed E-state index contributed by atoms with van der Waals surface area (Å²) >= 11 is 0. The van der Waals surface area contributed by atoms with Gasteiger partial charge in [0.05, 0.1) is 0 Å². The Morgan fingerprint density at radius 2 is 1.83 bits per heavy atom. The molecule has 5 nitrogen and oxygen atoms in total. The van der Waals surface area contributed by atoms with Gasteiger partial charge < -0.3 is 10.6 Å². The van der Waals surface area contributed by atoms with E-state index >= 15 is 0 Å². The Kier molecular flexibility index (Phi) is 6.89. The second kappa shape index (κ2) is 9.39. The fourth-order valence-electron chi connectivity index (χ4n) is 2.15. The van der Waals surface area contributed by atoms with Gasteiger partial charge in [0.2, 0.25) is 5.91 Å². The van der Waals surface area contributed by atoms with Gasteiger partial charge in [-0.15, -0.1) is 0 Å². The van der Waals surface area contributed by atoms with Gasteiger partial charge >= 0.3 is 0 Å². The van der Waals surface area contributed by atoms with Crippen LogP contribution in [-0.4, -0.2) is 29.9 Å². The van der Waals surface area contributed by atoms with E-state index in [1.54, 1.807) is 6.20 Å². The van der Waals surface area contributed by atoms with Crippen LogP contribution in [0.3, 0.4) is 0 Å². The van der Waals surface area contributed by atoms with Gasteiger partial charge in [0, 0.05) is 37.5 Å². The SMILES string of the molecule is O=C(CCNC(=O)c1ccc(F)cc1)NCCCc1cccnc1. The highest BCUT2D eigenvalue weighted by molar-refractivity contribution is 5.94. The van der Waals surface area contributed by atoms with Gasteiger partial charge in [-0.25, -0.2) is 4.39 Å². The molecule has 2 aromatic rings. The van der Waals surface area contributed by atoms with E-state index in [9.17, 15) is 14.0 Å². The van der Waals surface area contributed by atoms with Crippen LogP contribution in [0.5, 0.6) is 0 Å². The summed E-state index contributed by atoms with van der Waals surface area (Å²) in [5, 5.41) is 5.45. The van der Waals surface area contributed by atoms with Gasteiger partial charge in [0.15, 0.2) is 0 Å². The molecular formula is C18H20FN3O2. The predicted octanol–water partition coefficient (Wildman–Crippen LogP) is 2.09. The van der Waals surface area contributed by atoms with Crippen LogP contribution in [0.4, 0.5) is 4.39 Å². The number of benzene rings is 1. The zero-order valence-electron chi connectivity index (χ0n) is 13.3. The van der Waals surface area contributed by atoms with Crippen molar-refractivity contribution in [1.29, 1.82) is 0 Å². The molecule has 1 aromatic carbocycles. The van der Waals surface area contributed by atoms with Crippen molar-refractivity contribution in [2.45, 2.75) is 19.3 Å². The highest BCUT2D eigenvalue weighted by Crippen LogP contribution is 2.02. The Hall–Kier alpha value is -2.76. The Bertz CT molecular complexity index is 660. The normalized spacial score (nSPS) is 10.2. The molecule has 0 saturated carbocycles. The fourth-order valence-corrected chi connectivity index (χ4v) is 2.15. The van der Waals surface area contributed by atoms with E-state index < -0.39 is 5.82 Å². The number of aryl methyl sites for hydroxylation is 1. The maximum Gasteiger partial charge on any atom is 0.251 e. The highest BCUT2D eigenvalue weighted by Gasteiger charge is 2.06. The van der Waals surface area contributed by atoms with Crippen molar-refractivity contribution in [3.63, 3.8) is 0 Å². The molecular weight excluding hydrogens is 309 g/mol. The summed E-state index contributed by atoms with van der Waals surface area (Å²) in [6.45, 7) is 0.824. The quantitative estimate of drug-likeness (QED) is 0.729. The van der Waals surface area contributed by atoms with E-state index in [1.807, 2.05) is 18.3 Å². The molecule has 2 N–H and O–H groups in total. The monoisotopic (exact) mass is 329 g/mol. The van der Waals surface area contributed by atoms with Crippen LogP contribution in [0.25, 0.3) is 0 Å². The molecule has 0 bridgehead atoms. The first-order valence-corrected chi connectivity index (χ1v) is 7.84. The van der Waals surface area contributed by atoms with Crippen molar-refractivity contribution in [2.75, 3.05) is 13.1 Å². The number of carbonyl (C=O) groups is 2. The van der Waals surface area contributed by atoms with E-state index in [4.69, 9.17) is 0 Å². The Morgan fingerprint density at radius 3 is 2.54 bits per heavy atom.